The van der Waals surface area contributed by atoms with E-state index in [1.54, 1.807) is 48.5 Å². The predicted molar refractivity (Wildman–Crippen MR) is 110 cm³/mol. The minimum absolute atomic E-state index is 0.0272. The molecule has 2 aromatic carbocycles. The SMILES string of the molecule is C[C@@H](NC(=O)OCc1ccccc1)C(=O)OC(=O)[C@@H](C)NC(=O)OCc1ccccc1. The number of rotatable bonds is 8. The zero-order valence-electron chi connectivity index (χ0n) is 17.2. The van der Waals surface area contributed by atoms with Crippen LogP contribution in [0.1, 0.15) is 25.0 Å². The molecule has 0 aromatic heterocycles. The van der Waals surface area contributed by atoms with Gasteiger partial charge in [0.2, 0.25) is 0 Å². The molecule has 0 saturated heterocycles. The minimum atomic E-state index is -1.13. The number of hydrogen-bond donors (Lipinski definition) is 2. The van der Waals surface area contributed by atoms with Crippen LogP contribution in [-0.2, 0) is 37.0 Å². The molecule has 2 aromatic rings. The Morgan fingerprint density at radius 3 is 1.39 bits per heavy atom. The maximum absolute atomic E-state index is 12.0. The van der Waals surface area contributed by atoms with Gasteiger partial charge in [-0.1, -0.05) is 60.7 Å². The molecule has 0 spiro atoms. The van der Waals surface area contributed by atoms with E-state index >= 15 is 0 Å². The van der Waals surface area contributed by atoms with Gasteiger partial charge in [-0.05, 0) is 25.0 Å². The molecule has 0 fully saturated rings. The summed E-state index contributed by atoms with van der Waals surface area (Å²) in [4.78, 5) is 47.6. The predicted octanol–water partition coefficient (Wildman–Crippen LogP) is 2.69. The fraction of sp³-hybridized carbons (Fsp3) is 0.273. The largest absolute Gasteiger partial charge is 0.445 e. The number of alkyl carbamates (subject to hydrolysis) is 2. The monoisotopic (exact) mass is 428 g/mol. The normalized spacial score (nSPS) is 12.1. The summed E-state index contributed by atoms with van der Waals surface area (Å²) in [6.07, 6.45) is -1.67. The van der Waals surface area contributed by atoms with Crippen molar-refractivity contribution in [1.29, 1.82) is 0 Å². The number of carbonyl (C=O) groups is 4. The Hall–Kier alpha value is -3.88. The molecule has 0 radical (unpaired) electrons. The maximum Gasteiger partial charge on any atom is 0.408 e. The van der Waals surface area contributed by atoms with Gasteiger partial charge < -0.3 is 24.8 Å². The van der Waals surface area contributed by atoms with Crippen LogP contribution in [0.4, 0.5) is 9.59 Å². The highest BCUT2D eigenvalue weighted by Crippen LogP contribution is 2.03. The summed E-state index contributed by atoms with van der Waals surface area (Å²) in [5.74, 6) is -1.99. The molecule has 2 rings (SSSR count). The third-order valence-corrected chi connectivity index (χ3v) is 4.00. The number of ether oxygens (including phenoxy) is 3. The highest BCUT2D eigenvalue weighted by molar-refractivity contribution is 5.93. The lowest BCUT2D eigenvalue weighted by atomic mass is 10.2. The van der Waals surface area contributed by atoms with Crippen LogP contribution in [-0.4, -0.2) is 36.2 Å². The zero-order chi connectivity index (χ0) is 22.6. The van der Waals surface area contributed by atoms with E-state index in [0.29, 0.717) is 0 Å². The van der Waals surface area contributed by atoms with Crippen molar-refractivity contribution in [2.75, 3.05) is 0 Å². The van der Waals surface area contributed by atoms with E-state index in [-0.39, 0.29) is 13.2 Å². The first-order valence-corrected chi connectivity index (χ1v) is 9.55. The van der Waals surface area contributed by atoms with Crippen molar-refractivity contribution >= 4 is 24.1 Å². The fourth-order valence-electron chi connectivity index (χ4n) is 2.28. The average Bonchev–Trinajstić information content (AvgIpc) is 2.77. The van der Waals surface area contributed by atoms with E-state index in [1.165, 1.54) is 13.8 Å². The Labute approximate surface area is 179 Å². The Kier molecular flexibility index (Phi) is 9.03. The van der Waals surface area contributed by atoms with E-state index < -0.39 is 36.2 Å². The lowest BCUT2D eigenvalue weighted by Crippen LogP contribution is -2.44. The molecule has 0 aliphatic heterocycles. The van der Waals surface area contributed by atoms with E-state index in [2.05, 4.69) is 15.4 Å². The number of carbonyl (C=O) groups excluding carboxylic acids is 4. The summed E-state index contributed by atoms with van der Waals surface area (Å²) in [5.41, 5.74) is 1.56. The molecule has 0 heterocycles. The molecule has 2 N–H and O–H groups in total. The van der Waals surface area contributed by atoms with Gasteiger partial charge >= 0.3 is 24.1 Å². The Bertz CT molecular complexity index is 814. The van der Waals surface area contributed by atoms with Crippen molar-refractivity contribution in [3.63, 3.8) is 0 Å². The van der Waals surface area contributed by atoms with Crippen molar-refractivity contribution in [3.8, 4) is 0 Å². The van der Waals surface area contributed by atoms with Crippen LogP contribution < -0.4 is 10.6 Å². The Morgan fingerprint density at radius 2 is 1.03 bits per heavy atom. The summed E-state index contributed by atoms with van der Waals surface area (Å²) < 4.78 is 14.7. The number of nitrogens with one attached hydrogen (secondary N) is 2. The Balaban J connectivity index is 1.69. The van der Waals surface area contributed by atoms with Gasteiger partial charge in [-0.25, -0.2) is 19.2 Å². The van der Waals surface area contributed by atoms with Crippen molar-refractivity contribution in [1.82, 2.24) is 10.6 Å². The standard InChI is InChI=1S/C22H24N2O7/c1-15(23-21(27)29-13-17-9-5-3-6-10-17)19(25)31-20(26)16(2)24-22(28)30-14-18-11-7-4-8-12-18/h3-12,15-16H,13-14H2,1-2H3,(H,23,27)(H,24,28)/t15-,16-/m1/s1. The van der Waals surface area contributed by atoms with Gasteiger partial charge in [0.15, 0.2) is 0 Å². The third-order valence-electron chi connectivity index (χ3n) is 4.00. The summed E-state index contributed by atoms with van der Waals surface area (Å²) >= 11 is 0. The molecular weight excluding hydrogens is 404 g/mol. The van der Waals surface area contributed by atoms with Crippen LogP contribution in [0.15, 0.2) is 60.7 Å². The summed E-state index contributed by atoms with van der Waals surface area (Å²) in [6, 6.07) is 15.7. The molecular formula is C22H24N2O7. The summed E-state index contributed by atoms with van der Waals surface area (Å²) in [5, 5.41) is 4.55. The molecule has 0 aliphatic carbocycles. The number of benzene rings is 2. The summed E-state index contributed by atoms with van der Waals surface area (Å²) in [6.45, 7) is 2.73. The first-order chi connectivity index (χ1) is 14.8. The minimum Gasteiger partial charge on any atom is -0.445 e. The van der Waals surface area contributed by atoms with Crippen LogP contribution in [0.2, 0.25) is 0 Å². The van der Waals surface area contributed by atoms with Crippen LogP contribution in [0.3, 0.4) is 0 Å². The topological polar surface area (TPSA) is 120 Å². The highest BCUT2D eigenvalue weighted by atomic mass is 16.6. The van der Waals surface area contributed by atoms with Gasteiger partial charge in [0.1, 0.15) is 25.3 Å². The summed E-state index contributed by atoms with van der Waals surface area (Å²) in [7, 11) is 0. The van der Waals surface area contributed by atoms with Crippen molar-refractivity contribution < 1.29 is 33.4 Å². The smallest absolute Gasteiger partial charge is 0.408 e. The van der Waals surface area contributed by atoms with E-state index in [4.69, 9.17) is 9.47 Å². The number of amides is 2. The molecule has 0 aliphatic rings. The molecule has 9 heteroatoms. The van der Waals surface area contributed by atoms with E-state index in [9.17, 15) is 19.2 Å². The molecule has 164 valence electrons. The van der Waals surface area contributed by atoms with Crippen LogP contribution in [0.5, 0.6) is 0 Å². The molecule has 9 nitrogen and oxygen atoms in total. The molecule has 0 bridgehead atoms. The first-order valence-electron chi connectivity index (χ1n) is 9.55. The van der Waals surface area contributed by atoms with Gasteiger partial charge in [-0.15, -0.1) is 0 Å². The second kappa shape index (κ2) is 12.0. The highest BCUT2D eigenvalue weighted by Gasteiger charge is 2.25. The number of hydrogen-bond acceptors (Lipinski definition) is 7. The van der Waals surface area contributed by atoms with Gasteiger partial charge in [-0.3, -0.25) is 0 Å². The van der Waals surface area contributed by atoms with Gasteiger partial charge in [0.25, 0.3) is 0 Å². The Morgan fingerprint density at radius 1 is 0.677 bits per heavy atom. The van der Waals surface area contributed by atoms with Crippen LogP contribution in [0.25, 0.3) is 0 Å². The van der Waals surface area contributed by atoms with Gasteiger partial charge in [-0.2, -0.15) is 0 Å². The first kappa shape index (κ1) is 23.4. The van der Waals surface area contributed by atoms with E-state index in [1.807, 2.05) is 12.1 Å². The molecule has 2 atom stereocenters. The zero-order valence-corrected chi connectivity index (χ0v) is 17.2. The molecule has 0 unspecified atom stereocenters. The second-order valence-electron chi connectivity index (χ2n) is 6.60. The quantitative estimate of drug-likeness (QED) is 0.377. The van der Waals surface area contributed by atoms with Gasteiger partial charge in [0, 0.05) is 0 Å². The third kappa shape index (κ3) is 8.57. The van der Waals surface area contributed by atoms with Crippen molar-refractivity contribution in [2.24, 2.45) is 0 Å². The van der Waals surface area contributed by atoms with Crippen molar-refractivity contribution in [3.05, 3.63) is 71.8 Å². The fourth-order valence-corrected chi connectivity index (χ4v) is 2.28. The molecule has 0 saturated carbocycles. The van der Waals surface area contributed by atoms with E-state index in [0.717, 1.165) is 11.1 Å². The number of esters is 2. The van der Waals surface area contributed by atoms with Crippen LogP contribution >= 0.6 is 0 Å². The molecule has 2 amide bonds. The van der Waals surface area contributed by atoms with Gasteiger partial charge in [0.05, 0.1) is 0 Å². The van der Waals surface area contributed by atoms with Crippen LogP contribution in [0, 0.1) is 0 Å². The maximum atomic E-state index is 12.0. The van der Waals surface area contributed by atoms with Crippen molar-refractivity contribution in [2.45, 2.75) is 39.1 Å². The lowest BCUT2D eigenvalue weighted by molar-refractivity contribution is -0.162. The molecule has 31 heavy (non-hydrogen) atoms. The second-order valence-corrected chi connectivity index (χ2v) is 6.60. The lowest BCUT2D eigenvalue weighted by Gasteiger charge is -2.15. The average molecular weight is 428 g/mol.